The van der Waals surface area contributed by atoms with Gasteiger partial charge in [0.1, 0.15) is 5.75 Å². The van der Waals surface area contributed by atoms with E-state index in [4.69, 9.17) is 4.74 Å². The quantitative estimate of drug-likeness (QED) is 0.909. The molecule has 0 unspecified atom stereocenters. The second-order valence-electron chi connectivity index (χ2n) is 3.85. The van der Waals surface area contributed by atoms with Crippen molar-refractivity contribution >= 4 is 11.8 Å². The molecular weight excluding hydrogens is 242 g/mol. The van der Waals surface area contributed by atoms with Crippen molar-refractivity contribution in [3.8, 4) is 5.75 Å². The predicted molar refractivity (Wildman–Crippen MR) is 70.9 cm³/mol. The molecule has 4 heteroatoms. The summed E-state index contributed by atoms with van der Waals surface area (Å²) in [5.74, 6) is -0.315. The summed E-state index contributed by atoms with van der Waals surface area (Å²) in [5.41, 5.74) is 0.440. The summed E-state index contributed by atoms with van der Waals surface area (Å²) in [6.07, 6.45) is 0. The van der Waals surface area contributed by atoms with Gasteiger partial charge in [0.25, 0.3) is 11.8 Å². The molecule has 0 fully saturated rings. The van der Waals surface area contributed by atoms with Crippen molar-refractivity contribution in [3.63, 3.8) is 0 Å². The Morgan fingerprint density at radius 3 is 2.11 bits per heavy atom. The molecule has 96 valence electrons. The number of hydrogen-bond acceptors (Lipinski definition) is 3. The van der Waals surface area contributed by atoms with Gasteiger partial charge in [-0.25, -0.2) is 0 Å². The second-order valence-corrected chi connectivity index (χ2v) is 3.85. The third-order valence-corrected chi connectivity index (χ3v) is 2.40. The molecule has 0 aliphatic heterocycles. The Kier molecular flexibility index (Phi) is 4.29. The molecule has 4 nitrogen and oxygen atoms in total. The van der Waals surface area contributed by atoms with Gasteiger partial charge in [-0.05, 0) is 24.3 Å². The molecule has 0 aliphatic rings. The van der Waals surface area contributed by atoms with Crippen molar-refractivity contribution in [1.29, 1.82) is 0 Å². The number of carbonyl (C=O) groups is 2. The van der Waals surface area contributed by atoms with Crippen LogP contribution in [0.25, 0.3) is 0 Å². The molecule has 0 radical (unpaired) electrons. The molecule has 2 aromatic rings. The van der Waals surface area contributed by atoms with Crippen LogP contribution in [0.15, 0.2) is 60.7 Å². The Morgan fingerprint density at radius 2 is 1.47 bits per heavy atom. The van der Waals surface area contributed by atoms with E-state index in [9.17, 15) is 9.59 Å². The number of rotatable bonds is 4. The first-order valence-electron chi connectivity index (χ1n) is 5.83. The summed E-state index contributed by atoms with van der Waals surface area (Å²) in [4.78, 5) is 23.2. The molecule has 0 atom stereocenters. The van der Waals surface area contributed by atoms with Gasteiger partial charge < -0.3 is 4.74 Å². The number of benzene rings is 2. The molecule has 0 spiro atoms. The molecule has 2 rings (SSSR count). The van der Waals surface area contributed by atoms with Crippen molar-refractivity contribution in [2.24, 2.45) is 0 Å². The molecule has 19 heavy (non-hydrogen) atoms. The van der Waals surface area contributed by atoms with Crippen LogP contribution in [-0.2, 0) is 4.79 Å². The molecule has 0 bridgehead atoms. The van der Waals surface area contributed by atoms with E-state index >= 15 is 0 Å². The van der Waals surface area contributed by atoms with Crippen LogP contribution in [0.3, 0.4) is 0 Å². The first-order valence-corrected chi connectivity index (χ1v) is 5.83. The largest absolute Gasteiger partial charge is 0.484 e. The molecule has 0 saturated carbocycles. The number of para-hydroxylation sites is 1. The Morgan fingerprint density at radius 1 is 0.895 bits per heavy atom. The summed E-state index contributed by atoms with van der Waals surface area (Å²) < 4.78 is 5.24. The zero-order chi connectivity index (χ0) is 13.5. The van der Waals surface area contributed by atoms with Crippen LogP contribution in [0, 0.1) is 0 Å². The van der Waals surface area contributed by atoms with Gasteiger partial charge >= 0.3 is 0 Å². The number of carbonyl (C=O) groups excluding carboxylic acids is 2. The van der Waals surface area contributed by atoms with Crippen LogP contribution in [0.1, 0.15) is 10.4 Å². The standard InChI is InChI=1S/C15H13NO3/c17-14(11-19-13-9-5-2-6-10-13)16-15(18)12-7-3-1-4-8-12/h1-10H,11H2,(H,16,17,18). The summed E-state index contributed by atoms with van der Waals surface area (Å²) in [7, 11) is 0. The topological polar surface area (TPSA) is 55.4 Å². The van der Waals surface area contributed by atoms with Crippen molar-refractivity contribution in [2.75, 3.05) is 6.61 Å². The van der Waals surface area contributed by atoms with E-state index in [1.807, 2.05) is 18.2 Å². The van der Waals surface area contributed by atoms with E-state index in [2.05, 4.69) is 5.32 Å². The SMILES string of the molecule is O=C(COc1ccccc1)NC(=O)c1ccccc1. The minimum atomic E-state index is -0.474. The maximum Gasteiger partial charge on any atom is 0.264 e. The number of nitrogens with one attached hydrogen (secondary N) is 1. The van der Waals surface area contributed by atoms with Gasteiger partial charge in [-0.1, -0.05) is 36.4 Å². The van der Waals surface area contributed by atoms with E-state index in [1.165, 1.54) is 0 Å². The van der Waals surface area contributed by atoms with Crippen molar-refractivity contribution in [1.82, 2.24) is 5.32 Å². The highest BCUT2D eigenvalue weighted by Crippen LogP contribution is 2.07. The fourth-order valence-corrected chi connectivity index (χ4v) is 1.49. The highest BCUT2D eigenvalue weighted by atomic mass is 16.5. The fraction of sp³-hybridized carbons (Fsp3) is 0.0667. The van der Waals surface area contributed by atoms with Gasteiger partial charge in [-0.15, -0.1) is 0 Å². The number of amides is 2. The van der Waals surface area contributed by atoms with Crippen molar-refractivity contribution < 1.29 is 14.3 Å². The molecule has 0 saturated heterocycles. The molecule has 2 amide bonds. The first kappa shape index (κ1) is 12.8. The number of imide groups is 1. The van der Waals surface area contributed by atoms with E-state index in [0.29, 0.717) is 11.3 Å². The molecule has 0 aromatic heterocycles. The van der Waals surface area contributed by atoms with Crippen LogP contribution in [0.4, 0.5) is 0 Å². The van der Waals surface area contributed by atoms with E-state index < -0.39 is 11.8 Å². The second kappa shape index (κ2) is 6.35. The smallest absolute Gasteiger partial charge is 0.264 e. The van der Waals surface area contributed by atoms with Crippen LogP contribution < -0.4 is 10.1 Å². The normalized spacial score (nSPS) is 9.68. The summed E-state index contributed by atoms with van der Waals surface area (Å²) >= 11 is 0. The maximum atomic E-state index is 11.7. The monoisotopic (exact) mass is 255 g/mol. The van der Waals surface area contributed by atoms with Crippen LogP contribution >= 0.6 is 0 Å². The van der Waals surface area contributed by atoms with Gasteiger partial charge in [0, 0.05) is 5.56 Å². The summed E-state index contributed by atoms with van der Waals surface area (Å²) in [6, 6.07) is 17.5. The van der Waals surface area contributed by atoms with Gasteiger partial charge in [-0.3, -0.25) is 14.9 Å². The Labute approximate surface area is 111 Å². The maximum absolute atomic E-state index is 11.7. The van der Waals surface area contributed by atoms with Crippen LogP contribution in [0.5, 0.6) is 5.75 Å². The lowest BCUT2D eigenvalue weighted by Crippen LogP contribution is -2.34. The average molecular weight is 255 g/mol. The molecule has 2 aromatic carbocycles. The first-order chi connectivity index (χ1) is 9.25. The Balaban J connectivity index is 1.83. The van der Waals surface area contributed by atoms with E-state index in [-0.39, 0.29) is 6.61 Å². The summed E-state index contributed by atoms with van der Waals surface area (Å²) in [5, 5.41) is 2.26. The zero-order valence-electron chi connectivity index (χ0n) is 10.2. The third kappa shape index (κ3) is 3.96. The highest BCUT2D eigenvalue weighted by Gasteiger charge is 2.10. The van der Waals surface area contributed by atoms with Crippen LogP contribution in [0.2, 0.25) is 0 Å². The minimum absolute atomic E-state index is 0.192. The Bertz CT molecular complexity index is 552. The average Bonchev–Trinajstić information content (AvgIpc) is 2.47. The zero-order valence-corrected chi connectivity index (χ0v) is 10.2. The van der Waals surface area contributed by atoms with Gasteiger partial charge in [0.15, 0.2) is 6.61 Å². The fourth-order valence-electron chi connectivity index (χ4n) is 1.49. The number of ether oxygens (including phenoxy) is 1. The molecule has 1 N–H and O–H groups in total. The van der Waals surface area contributed by atoms with Gasteiger partial charge in [0.2, 0.25) is 0 Å². The predicted octanol–water partition coefficient (Wildman–Crippen LogP) is 2.02. The van der Waals surface area contributed by atoms with E-state index in [0.717, 1.165) is 0 Å². The van der Waals surface area contributed by atoms with E-state index in [1.54, 1.807) is 42.5 Å². The lowest BCUT2D eigenvalue weighted by atomic mass is 10.2. The lowest BCUT2D eigenvalue weighted by Gasteiger charge is -2.06. The Hall–Kier alpha value is -2.62. The highest BCUT2D eigenvalue weighted by molar-refractivity contribution is 6.05. The van der Waals surface area contributed by atoms with Gasteiger partial charge in [-0.2, -0.15) is 0 Å². The van der Waals surface area contributed by atoms with Crippen molar-refractivity contribution in [2.45, 2.75) is 0 Å². The molecular formula is C15H13NO3. The molecule has 0 heterocycles. The minimum Gasteiger partial charge on any atom is -0.484 e. The number of hydrogen-bond donors (Lipinski definition) is 1. The third-order valence-electron chi connectivity index (χ3n) is 2.40. The van der Waals surface area contributed by atoms with Crippen LogP contribution in [-0.4, -0.2) is 18.4 Å². The lowest BCUT2D eigenvalue weighted by molar-refractivity contribution is -0.122. The van der Waals surface area contributed by atoms with Crippen molar-refractivity contribution in [3.05, 3.63) is 66.2 Å². The molecule has 0 aliphatic carbocycles. The van der Waals surface area contributed by atoms with Gasteiger partial charge in [0.05, 0.1) is 0 Å². The summed E-state index contributed by atoms with van der Waals surface area (Å²) in [6.45, 7) is -0.192.